The van der Waals surface area contributed by atoms with Gasteiger partial charge in [0.2, 0.25) is 5.91 Å². The Morgan fingerprint density at radius 1 is 1.21 bits per heavy atom. The molecular formula is C22H27N3O4. The first-order valence-electron chi connectivity index (χ1n) is 10.3. The lowest BCUT2D eigenvalue weighted by molar-refractivity contribution is -0.138. The summed E-state index contributed by atoms with van der Waals surface area (Å²) in [5.41, 5.74) is 0.927. The Labute approximate surface area is 170 Å². The lowest BCUT2D eigenvalue weighted by Crippen LogP contribution is -2.55. The van der Waals surface area contributed by atoms with Crippen molar-refractivity contribution in [2.24, 2.45) is 5.41 Å². The number of aliphatic hydroxyl groups excluding tert-OH is 1. The quantitative estimate of drug-likeness (QED) is 0.836. The molecule has 4 heterocycles. The number of aliphatic hydroxyl groups is 1. The molecule has 0 saturated carbocycles. The first-order chi connectivity index (χ1) is 14.1. The van der Waals surface area contributed by atoms with Gasteiger partial charge in [0.15, 0.2) is 5.76 Å². The zero-order valence-corrected chi connectivity index (χ0v) is 16.5. The number of nitrogens with zero attached hydrogens (tertiary/aromatic N) is 3. The van der Waals surface area contributed by atoms with Crippen LogP contribution < -0.4 is 0 Å². The molecule has 0 radical (unpaired) electrons. The monoisotopic (exact) mass is 397 g/mol. The number of carbonyl (C=O) groups excluding carboxylic acids is 2. The molecule has 1 spiro atoms. The molecule has 29 heavy (non-hydrogen) atoms. The molecule has 0 bridgehead atoms. The minimum absolute atomic E-state index is 0.0572. The predicted octanol–water partition coefficient (Wildman–Crippen LogP) is 2.25. The molecule has 2 fully saturated rings. The molecule has 1 N–H and O–H groups in total. The minimum atomic E-state index is -0.218. The zero-order valence-electron chi connectivity index (χ0n) is 16.5. The second kappa shape index (κ2) is 8.37. The molecule has 7 nitrogen and oxygen atoms in total. The molecule has 0 aliphatic carbocycles. The highest BCUT2D eigenvalue weighted by molar-refractivity contribution is 5.91. The van der Waals surface area contributed by atoms with Gasteiger partial charge in [-0.2, -0.15) is 0 Å². The van der Waals surface area contributed by atoms with E-state index in [1.165, 1.54) is 0 Å². The Kier molecular flexibility index (Phi) is 5.67. The molecule has 2 aliphatic heterocycles. The van der Waals surface area contributed by atoms with Gasteiger partial charge >= 0.3 is 0 Å². The lowest BCUT2D eigenvalue weighted by Gasteiger charge is -2.48. The van der Waals surface area contributed by atoms with E-state index < -0.39 is 0 Å². The Hall–Kier alpha value is -2.67. The summed E-state index contributed by atoms with van der Waals surface area (Å²) in [6.07, 6.45) is 5.79. The van der Waals surface area contributed by atoms with Gasteiger partial charge in [0.05, 0.1) is 0 Å². The number of pyridine rings is 1. The van der Waals surface area contributed by atoms with Crippen LogP contribution in [0, 0.1) is 5.41 Å². The van der Waals surface area contributed by atoms with Crippen molar-refractivity contribution in [2.75, 3.05) is 26.2 Å². The summed E-state index contributed by atoms with van der Waals surface area (Å²) in [4.78, 5) is 33.5. The van der Waals surface area contributed by atoms with E-state index in [1.54, 1.807) is 18.3 Å². The van der Waals surface area contributed by atoms with Crippen molar-refractivity contribution >= 4 is 11.8 Å². The first-order valence-corrected chi connectivity index (χ1v) is 10.3. The Balaban J connectivity index is 1.42. The number of piperidine rings is 2. The van der Waals surface area contributed by atoms with E-state index in [1.807, 2.05) is 28.0 Å². The maximum atomic E-state index is 12.9. The van der Waals surface area contributed by atoms with Gasteiger partial charge in [-0.05, 0) is 43.5 Å². The maximum Gasteiger partial charge on any atom is 0.289 e. The molecule has 2 aromatic heterocycles. The normalized spacial score (nSPS) is 22.3. The van der Waals surface area contributed by atoms with Gasteiger partial charge in [0.1, 0.15) is 12.4 Å². The summed E-state index contributed by atoms with van der Waals surface area (Å²) >= 11 is 0. The van der Waals surface area contributed by atoms with Gasteiger partial charge in [-0.25, -0.2) is 0 Å². The van der Waals surface area contributed by atoms with Crippen LogP contribution in [0.3, 0.4) is 0 Å². The van der Waals surface area contributed by atoms with Crippen molar-refractivity contribution in [3.8, 4) is 0 Å². The van der Waals surface area contributed by atoms with Crippen molar-refractivity contribution in [1.29, 1.82) is 0 Å². The van der Waals surface area contributed by atoms with E-state index in [4.69, 9.17) is 9.52 Å². The van der Waals surface area contributed by atoms with E-state index in [-0.39, 0.29) is 29.6 Å². The van der Waals surface area contributed by atoms with Gasteiger partial charge in [-0.3, -0.25) is 14.6 Å². The molecule has 154 valence electrons. The smallest absolute Gasteiger partial charge is 0.289 e. The van der Waals surface area contributed by atoms with Crippen LogP contribution >= 0.6 is 0 Å². The van der Waals surface area contributed by atoms with E-state index in [0.717, 1.165) is 31.4 Å². The van der Waals surface area contributed by atoms with Crippen molar-refractivity contribution in [1.82, 2.24) is 14.8 Å². The third-order valence-electron chi connectivity index (χ3n) is 6.09. The van der Waals surface area contributed by atoms with Gasteiger partial charge in [-0.15, -0.1) is 0 Å². The second-order valence-electron chi connectivity index (χ2n) is 8.14. The van der Waals surface area contributed by atoms with Gasteiger partial charge < -0.3 is 19.3 Å². The number of hydrogen-bond donors (Lipinski definition) is 1. The number of hydrogen-bond acceptors (Lipinski definition) is 5. The molecule has 7 heteroatoms. The molecule has 1 atom stereocenters. The number of amides is 2. The number of rotatable bonds is 5. The first kappa shape index (κ1) is 19.6. The topological polar surface area (TPSA) is 86.9 Å². The fourth-order valence-corrected chi connectivity index (χ4v) is 4.55. The van der Waals surface area contributed by atoms with Gasteiger partial charge in [0, 0.05) is 56.3 Å². The Morgan fingerprint density at radius 3 is 2.86 bits per heavy atom. The Morgan fingerprint density at radius 2 is 2.10 bits per heavy atom. The molecule has 0 unspecified atom stereocenters. The van der Waals surface area contributed by atoms with Crippen LogP contribution in [0.15, 0.2) is 40.9 Å². The fourth-order valence-electron chi connectivity index (χ4n) is 4.55. The van der Waals surface area contributed by atoms with Crippen molar-refractivity contribution in [3.63, 3.8) is 0 Å². The molecule has 2 amide bonds. The summed E-state index contributed by atoms with van der Waals surface area (Å²) in [7, 11) is 0. The van der Waals surface area contributed by atoms with Gasteiger partial charge in [-0.1, -0.05) is 6.07 Å². The van der Waals surface area contributed by atoms with E-state index in [0.29, 0.717) is 38.4 Å². The summed E-state index contributed by atoms with van der Waals surface area (Å²) in [5, 5.41) is 9.17. The zero-order chi connectivity index (χ0) is 20.3. The van der Waals surface area contributed by atoms with E-state index >= 15 is 0 Å². The third-order valence-corrected chi connectivity index (χ3v) is 6.09. The van der Waals surface area contributed by atoms with Crippen LogP contribution in [0.1, 0.15) is 47.7 Å². The number of furan rings is 1. The summed E-state index contributed by atoms with van der Waals surface area (Å²) < 4.78 is 5.44. The highest BCUT2D eigenvalue weighted by Gasteiger charge is 2.43. The van der Waals surface area contributed by atoms with E-state index in [2.05, 4.69) is 4.98 Å². The highest BCUT2D eigenvalue weighted by atomic mass is 16.4. The van der Waals surface area contributed by atoms with Crippen LogP contribution in [0.5, 0.6) is 0 Å². The summed E-state index contributed by atoms with van der Waals surface area (Å²) in [5.74, 6) is 0.711. The van der Waals surface area contributed by atoms with Crippen molar-refractivity contribution in [3.05, 3.63) is 53.7 Å². The standard InChI is InChI=1S/C22H27N3O4/c26-14-18-5-6-19(29-18)21(28)25-12-3-9-22(16-25)10-7-20(27)24(15-22)13-8-17-4-1-2-11-23-17/h1-2,4-6,11,26H,3,7-10,12-16H2/t22-/m1/s1. The number of aromatic nitrogens is 1. The molecule has 2 saturated heterocycles. The van der Waals surface area contributed by atoms with Crippen LogP contribution in [-0.4, -0.2) is 57.9 Å². The number of likely N-dealkylation sites (tertiary alicyclic amines) is 2. The largest absolute Gasteiger partial charge is 0.453 e. The van der Waals surface area contributed by atoms with E-state index in [9.17, 15) is 9.59 Å². The van der Waals surface area contributed by atoms with Crippen LogP contribution in [-0.2, 0) is 17.8 Å². The van der Waals surface area contributed by atoms with Crippen molar-refractivity contribution < 1.29 is 19.1 Å². The highest BCUT2D eigenvalue weighted by Crippen LogP contribution is 2.39. The predicted molar refractivity (Wildman–Crippen MR) is 106 cm³/mol. The molecular weight excluding hydrogens is 370 g/mol. The number of carbonyl (C=O) groups is 2. The average Bonchev–Trinajstić information content (AvgIpc) is 3.24. The lowest BCUT2D eigenvalue weighted by atomic mass is 9.73. The third kappa shape index (κ3) is 4.34. The second-order valence-corrected chi connectivity index (χ2v) is 8.14. The fraction of sp³-hybridized carbons (Fsp3) is 0.500. The average molecular weight is 397 g/mol. The molecule has 0 aromatic carbocycles. The maximum absolute atomic E-state index is 12.9. The molecule has 2 aromatic rings. The molecule has 4 rings (SSSR count). The van der Waals surface area contributed by atoms with Gasteiger partial charge in [0.25, 0.3) is 5.91 Å². The minimum Gasteiger partial charge on any atom is -0.453 e. The van der Waals surface area contributed by atoms with Crippen LogP contribution in [0.2, 0.25) is 0 Å². The van der Waals surface area contributed by atoms with Crippen LogP contribution in [0.4, 0.5) is 0 Å². The Bertz CT molecular complexity index is 866. The van der Waals surface area contributed by atoms with Crippen molar-refractivity contribution in [2.45, 2.75) is 38.7 Å². The SMILES string of the molecule is O=C1CC[C@]2(CCCN(C(=O)c3ccc(CO)o3)C2)CN1CCc1ccccn1. The van der Waals surface area contributed by atoms with Crippen LogP contribution in [0.25, 0.3) is 0 Å². The molecule has 2 aliphatic rings. The summed E-state index contributed by atoms with van der Waals surface area (Å²) in [6.45, 7) is 2.45. The summed E-state index contributed by atoms with van der Waals surface area (Å²) in [6, 6.07) is 9.09.